The van der Waals surface area contributed by atoms with Crippen LogP contribution in [0.5, 0.6) is 5.75 Å². The van der Waals surface area contributed by atoms with Gasteiger partial charge in [-0.1, -0.05) is 41.2 Å². The zero-order chi connectivity index (χ0) is 16.1. The van der Waals surface area contributed by atoms with E-state index in [1.807, 2.05) is 34.6 Å². The molecule has 0 atom stereocenters. The minimum Gasteiger partial charge on any atom is -0.492 e. The van der Waals surface area contributed by atoms with Gasteiger partial charge in [0, 0.05) is 11.6 Å². The van der Waals surface area contributed by atoms with E-state index in [0.29, 0.717) is 28.1 Å². The molecule has 0 unspecified atom stereocenters. The fraction of sp³-hybridized carbons (Fsp3) is 0.438. The van der Waals surface area contributed by atoms with Gasteiger partial charge in [0.15, 0.2) is 0 Å². The molecule has 0 saturated carbocycles. The lowest BCUT2D eigenvalue weighted by molar-refractivity contribution is 0.315. The van der Waals surface area contributed by atoms with E-state index in [1.165, 1.54) is 0 Å². The number of halogens is 2. The lowest BCUT2D eigenvalue weighted by atomic mass is 10.1. The Morgan fingerprint density at radius 1 is 1.30 bits per heavy atom. The van der Waals surface area contributed by atoms with Crippen molar-refractivity contribution in [2.45, 2.75) is 41.0 Å². The number of hydrogen-bond donors (Lipinski definition) is 0. The minimum atomic E-state index is -0.537. The first-order chi connectivity index (χ1) is 9.60. The van der Waals surface area contributed by atoms with E-state index in [-0.39, 0.29) is 0 Å². The van der Waals surface area contributed by atoms with Crippen LogP contribution < -0.4 is 4.74 Å². The summed E-state index contributed by atoms with van der Waals surface area (Å²) >= 11 is 3.31. The molecule has 0 amide bonds. The summed E-state index contributed by atoms with van der Waals surface area (Å²) in [5.74, 6) is 0.0967. The van der Waals surface area contributed by atoms with E-state index in [9.17, 15) is 4.39 Å². The summed E-state index contributed by atoms with van der Waals surface area (Å²) < 4.78 is 19.3. The Morgan fingerprint density at radius 3 is 2.25 bits per heavy atom. The van der Waals surface area contributed by atoms with Gasteiger partial charge in [0.25, 0.3) is 0 Å². The largest absolute Gasteiger partial charge is 0.492 e. The van der Waals surface area contributed by atoms with Crippen LogP contribution in [0.3, 0.4) is 0 Å². The second-order valence-electron chi connectivity index (χ2n) is 3.21. The van der Waals surface area contributed by atoms with Crippen LogP contribution >= 0.6 is 15.9 Å². The molecular formula is C16H25BrFNO. The highest BCUT2D eigenvalue weighted by atomic mass is 79.9. The Hall–Kier alpha value is -1.16. The Kier molecular flexibility index (Phi) is 13.6. The topological polar surface area (TPSA) is 21.6 Å². The summed E-state index contributed by atoms with van der Waals surface area (Å²) in [5, 5.41) is 0. The van der Waals surface area contributed by atoms with Crippen molar-refractivity contribution in [2.24, 2.45) is 4.99 Å². The first-order valence-corrected chi connectivity index (χ1v) is 7.67. The van der Waals surface area contributed by atoms with Gasteiger partial charge < -0.3 is 4.74 Å². The smallest absolute Gasteiger partial charge is 0.135 e. The van der Waals surface area contributed by atoms with Crippen molar-refractivity contribution in [3.05, 3.63) is 28.7 Å². The number of hydrogen-bond acceptors (Lipinski definition) is 2. The molecule has 0 aliphatic carbocycles. The summed E-state index contributed by atoms with van der Waals surface area (Å²) in [7, 11) is 0. The summed E-state index contributed by atoms with van der Waals surface area (Å²) in [4.78, 5) is 3.75. The predicted molar refractivity (Wildman–Crippen MR) is 92.0 cm³/mol. The fourth-order valence-corrected chi connectivity index (χ4v) is 1.67. The molecule has 1 aromatic rings. The molecule has 0 saturated heterocycles. The van der Waals surface area contributed by atoms with Crippen LogP contribution in [0, 0.1) is 0 Å². The number of ether oxygens (including phenoxy) is 1. The quantitative estimate of drug-likeness (QED) is 0.553. The van der Waals surface area contributed by atoms with Crippen LogP contribution in [0.25, 0.3) is 5.83 Å². The van der Waals surface area contributed by atoms with Gasteiger partial charge in [-0.3, -0.25) is 4.99 Å². The van der Waals surface area contributed by atoms with E-state index in [1.54, 1.807) is 12.1 Å². The molecule has 1 rings (SSSR count). The average molecular weight is 346 g/mol. The molecule has 20 heavy (non-hydrogen) atoms. The van der Waals surface area contributed by atoms with Gasteiger partial charge in [-0.25, -0.2) is 4.39 Å². The molecule has 0 spiro atoms. The molecule has 0 aromatic heterocycles. The van der Waals surface area contributed by atoms with Gasteiger partial charge in [0.1, 0.15) is 11.6 Å². The zero-order valence-corrected chi connectivity index (χ0v) is 14.7. The van der Waals surface area contributed by atoms with Crippen LogP contribution in [0.2, 0.25) is 0 Å². The van der Waals surface area contributed by atoms with E-state index in [0.717, 1.165) is 6.42 Å². The second-order valence-corrected chi connectivity index (χ2v) is 4.07. The van der Waals surface area contributed by atoms with Crippen molar-refractivity contribution in [1.82, 2.24) is 0 Å². The maximum Gasteiger partial charge on any atom is 0.135 e. The fourth-order valence-electron chi connectivity index (χ4n) is 1.21. The van der Waals surface area contributed by atoms with E-state index in [4.69, 9.17) is 4.74 Å². The molecular weight excluding hydrogens is 321 g/mol. The third-order valence-corrected chi connectivity index (χ3v) is 2.59. The molecule has 4 heteroatoms. The Balaban J connectivity index is 0. The summed E-state index contributed by atoms with van der Waals surface area (Å²) in [6.45, 7) is 17.3. The van der Waals surface area contributed by atoms with Crippen molar-refractivity contribution in [3.63, 3.8) is 0 Å². The van der Waals surface area contributed by atoms with E-state index in [2.05, 4.69) is 34.2 Å². The van der Waals surface area contributed by atoms with Crippen molar-refractivity contribution in [1.29, 1.82) is 0 Å². The third kappa shape index (κ3) is 6.85. The number of rotatable bonds is 5. The highest BCUT2D eigenvalue weighted by Crippen LogP contribution is 2.36. The summed E-state index contributed by atoms with van der Waals surface area (Å²) in [5.41, 5.74) is 0.757. The SMILES string of the molecule is C=Nc1cc(OCCC)c(Br)cc1C(=C)F.CC.CC. The maximum absolute atomic E-state index is 13.1. The van der Waals surface area contributed by atoms with Crippen LogP contribution in [0.4, 0.5) is 10.1 Å². The van der Waals surface area contributed by atoms with Gasteiger partial charge in [0.2, 0.25) is 0 Å². The van der Waals surface area contributed by atoms with Gasteiger partial charge in [-0.15, -0.1) is 0 Å². The summed E-state index contributed by atoms with van der Waals surface area (Å²) in [6.07, 6.45) is 0.904. The molecule has 2 nitrogen and oxygen atoms in total. The van der Waals surface area contributed by atoms with Gasteiger partial charge in [0.05, 0.1) is 16.8 Å². The van der Waals surface area contributed by atoms with Crippen molar-refractivity contribution in [3.8, 4) is 5.75 Å². The molecule has 0 bridgehead atoms. The lowest BCUT2D eigenvalue weighted by Crippen LogP contribution is -1.96. The normalized spacial score (nSPS) is 8.55. The highest BCUT2D eigenvalue weighted by Gasteiger charge is 2.10. The van der Waals surface area contributed by atoms with Gasteiger partial charge >= 0.3 is 0 Å². The minimum absolute atomic E-state index is 0.325. The van der Waals surface area contributed by atoms with E-state index >= 15 is 0 Å². The molecule has 0 fully saturated rings. The predicted octanol–water partition coefficient (Wildman–Crippen LogP) is 6.56. The molecule has 0 aliphatic heterocycles. The lowest BCUT2D eigenvalue weighted by Gasteiger charge is -2.10. The zero-order valence-electron chi connectivity index (χ0n) is 13.1. The van der Waals surface area contributed by atoms with Crippen molar-refractivity contribution < 1.29 is 9.13 Å². The first-order valence-electron chi connectivity index (χ1n) is 6.88. The monoisotopic (exact) mass is 345 g/mol. The number of nitrogens with zero attached hydrogens (tertiary/aromatic N) is 1. The van der Waals surface area contributed by atoms with Gasteiger partial charge in [-0.2, -0.15) is 0 Å². The molecule has 0 heterocycles. The van der Waals surface area contributed by atoms with Crippen LogP contribution in [0.15, 0.2) is 28.2 Å². The van der Waals surface area contributed by atoms with Crippen LogP contribution in [0.1, 0.15) is 46.6 Å². The van der Waals surface area contributed by atoms with E-state index < -0.39 is 5.83 Å². The average Bonchev–Trinajstić information content (AvgIpc) is 2.49. The summed E-state index contributed by atoms with van der Waals surface area (Å²) in [6, 6.07) is 3.24. The molecule has 0 N–H and O–H groups in total. The number of aliphatic imine (C=N–C) groups is 1. The Labute approximate surface area is 130 Å². The molecule has 0 aliphatic rings. The second kappa shape index (κ2) is 12.9. The Morgan fingerprint density at radius 2 is 1.85 bits per heavy atom. The van der Waals surface area contributed by atoms with Crippen molar-refractivity contribution >= 4 is 34.2 Å². The maximum atomic E-state index is 13.1. The van der Waals surface area contributed by atoms with Gasteiger partial charge in [-0.05, 0) is 35.1 Å². The standard InChI is InChI=1S/C12H13BrFNO.2C2H6/c1-4-5-16-12-7-11(15-3)9(8(2)14)6-10(12)13;2*1-2/h6-7H,2-5H2,1H3;2*1-2H3. The molecule has 1 aromatic carbocycles. The first kappa shape index (κ1) is 21.1. The highest BCUT2D eigenvalue weighted by molar-refractivity contribution is 9.10. The molecule has 114 valence electrons. The molecule has 0 radical (unpaired) electrons. The third-order valence-electron chi connectivity index (χ3n) is 1.97. The van der Waals surface area contributed by atoms with Crippen LogP contribution in [-0.4, -0.2) is 13.3 Å². The van der Waals surface area contributed by atoms with Crippen molar-refractivity contribution in [2.75, 3.05) is 6.61 Å². The number of benzene rings is 1. The van der Waals surface area contributed by atoms with Crippen LogP contribution in [-0.2, 0) is 0 Å². The Bertz CT molecular complexity index is 419.